The summed E-state index contributed by atoms with van der Waals surface area (Å²) in [5.74, 6) is 0.789. The van der Waals surface area contributed by atoms with Gasteiger partial charge in [-0.25, -0.2) is 0 Å². The van der Waals surface area contributed by atoms with Gasteiger partial charge in [0.25, 0.3) is 0 Å². The number of nitrogens with zero attached hydrogens (tertiary/aromatic N) is 1. The van der Waals surface area contributed by atoms with Crippen LogP contribution in [0.15, 0.2) is 18.2 Å². The molecule has 0 atom stereocenters. The van der Waals surface area contributed by atoms with E-state index in [2.05, 4.69) is 17.9 Å². The number of hydrogen-bond acceptors (Lipinski definition) is 5. The van der Waals surface area contributed by atoms with Gasteiger partial charge in [-0.3, -0.25) is 4.90 Å². The number of ether oxygens (including phenoxy) is 3. The van der Waals surface area contributed by atoms with Gasteiger partial charge < -0.3 is 19.9 Å². The first-order valence-corrected chi connectivity index (χ1v) is 8.42. The molecule has 0 unspecified atom stereocenters. The van der Waals surface area contributed by atoms with Gasteiger partial charge in [0.15, 0.2) is 0 Å². The lowest BCUT2D eigenvalue weighted by atomic mass is 10.1. The zero-order chi connectivity index (χ0) is 16.9. The van der Waals surface area contributed by atoms with Crippen molar-refractivity contribution in [2.75, 3.05) is 59.4 Å². The van der Waals surface area contributed by atoms with Gasteiger partial charge in [0.2, 0.25) is 0 Å². The number of hydrogen-bond donors (Lipinski definition) is 1. The summed E-state index contributed by atoms with van der Waals surface area (Å²) in [6.45, 7) is 7.19. The van der Waals surface area contributed by atoms with E-state index in [1.807, 2.05) is 12.1 Å². The van der Waals surface area contributed by atoms with E-state index in [-0.39, 0.29) is 0 Å². The molecular formula is C18H32N2O3. The highest BCUT2D eigenvalue weighted by atomic mass is 16.5. The molecule has 0 radical (unpaired) electrons. The van der Waals surface area contributed by atoms with Crippen molar-refractivity contribution >= 4 is 5.69 Å². The van der Waals surface area contributed by atoms with Gasteiger partial charge in [-0.1, -0.05) is 13.0 Å². The average molecular weight is 324 g/mol. The molecule has 23 heavy (non-hydrogen) atoms. The number of rotatable bonds is 13. The second-order valence-corrected chi connectivity index (χ2v) is 5.65. The summed E-state index contributed by atoms with van der Waals surface area (Å²) in [7, 11) is 3.47. The Bertz CT molecular complexity index is 419. The second kappa shape index (κ2) is 12.2. The quantitative estimate of drug-likeness (QED) is 0.565. The fourth-order valence-corrected chi connectivity index (χ4v) is 2.38. The Hall–Kier alpha value is -1.30. The molecule has 0 fully saturated rings. The highest BCUT2D eigenvalue weighted by Gasteiger charge is 2.06. The van der Waals surface area contributed by atoms with Gasteiger partial charge in [0, 0.05) is 27.3 Å². The molecule has 0 saturated carbocycles. The number of methoxy groups -OCH3 is 2. The van der Waals surface area contributed by atoms with Gasteiger partial charge in [0.1, 0.15) is 5.75 Å². The van der Waals surface area contributed by atoms with Crippen LogP contribution in [0.1, 0.15) is 25.3 Å². The fraction of sp³-hybridized carbons (Fsp3) is 0.667. The first-order chi connectivity index (χ1) is 11.2. The second-order valence-electron chi connectivity index (χ2n) is 5.65. The maximum Gasteiger partial charge on any atom is 0.142 e. The summed E-state index contributed by atoms with van der Waals surface area (Å²) < 4.78 is 15.9. The Labute approximate surface area is 140 Å². The van der Waals surface area contributed by atoms with Crippen molar-refractivity contribution in [3.63, 3.8) is 0 Å². The van der Waals surface area contributed by atoms with Crippen LogP contribution in [0.25, 0.3) is 0 Å². The van der Waals surface area contributed by atoms with Crippen LogP contribution < -0.4 is 10.5 Å². The van der Waals surface area contributed by atoms with Crippen LogP contribution in [0.5, 0.6) is 5.75 Å². The Balaban J connectivity index is 2.41. The predicted molar refractivity (Wildman–Crippen MR) is 95.2 cm³/mol. The van der Waals surface area contributed by atoms with E-state index >= 15 is 0 Å². The van der Waals surface area contributed by atoms with Crippen LogP contribution in [0.4, 0.5) is 5.69 Å². The van der Waals surface area contributed by atoms with E-state index in [9.17, 15) is 0 Å². The number of nitrogens with two attached hydrogens (primary N) is 1. The lowest BCUT2D eigenvalue weighted by Crippen LogP contribution is -2.31. The number of nitrogen functional groups attached to an aromatic ring is 1. The van der Waals surface area contributed by atoms with Crippen molar-refractivity contribution in [3.8, 4) is 5.75 Å². The zero-order valence-electron chi connectivity index (χ0n) is 14.8. The smallest absolute Gasteiger partial charge is 0.142 e. The Kier molecular flexibility index (Phi) is 10.4. The van der Waals surface area contributed by atoms with Crippen LogP contribution in [-0.4, -0.2) is 58.6 Å². The molecular weight excluding hydrogens is 292 g/mol. The minimum absolute atomic E-state index is 0.706. The number of aryl methyl sites for hydroxylation is 1. The lowest BCUT2D eigenvalue weighted by molar-refractivity contribution is 0.113. The predicted octanol–water partition coefficient (Wildman–Crippen LogP) is 2.58. The van der Waals surface area contributed by atoms with Gasteiger partial charge >= 0.3 is 0 Å². The molecule has 0 aliphatic carbocycles. The molecule has 5 nitrogen and oxygen atoms in total. The van der Waals surface area contributed by atoms with Crippen molar-refractivity contribution in [1.29, 1.82) is 0 Å². The fourth-order valence-electron chi connectivity index (χ4n) is 2.38. The summed E-state index contributed by atoms with van der Waals surface area (Å²) in [5, 5.41) is 0. The third-order valence-electron chi connectivity index (χ3n) is 3.70. The van der Waals surface area contributed by atoms with Gasteiger partial charge in [-0.15, -0.1) is 0 Å². The first-order valence-electron chi connectivity index (χ1n) is 8.42. The minimum Gasteiger partial charge on any atom is -0.491 e. The highest BCUT2D eigenvalue weighted by Crippen LogP contribution is 2.23. The van der Waals surface area contributed by atoms with Crippen LogP contribution in [0.2, 0.25) is 0 Å². The summed E-state index contributed by atoms with van der Waals surface area (Å²) in [5.41, 5.74) is 8.04. The monoisotopic (exact) mass is 324 g/mol. The molecule has 0 aliphatic rings. The third-order valence-corrected chi connectivity index (χ3v) is 3.70. The maximum absolute atomic E-state index is 6.06. The molecule has 132 valence electrons. The van der Waals surface area contributed by atoms with E-state index in [0.717, 1.165) is 63.5 Å². The summed E-state index contributed by atoms with van der Waals surface area (Å²) in [4.78, 5) is 2.37. The third kappa shape index (κ3) is 8.21. The van der Waals surface area contributed by atoms with Crippen LogP contribution in [0.3, 0.4) is 0 Å². The Morgan fingerprint density at radius 1 is 1.00 bits per heavy atom. The molecule has 1 rings (SSSR count). The van der Waals surface area contributed by atoms with Crippen molar-refractivity contribution in [2.45, 2.75) is 26.2 Å². The molecule has 0 amide bonds. The molecule has 0 spiro atoms. The molecule has 0 saturated heterocycles. The Morgan fingerprint density at radius 3 is 2.26 bits per heavy atom. The molecule has 0 aromatic heterocycles. The van der Waals surface area contributed by atoms with Crippen molar-refractivity contribution < 1.29 is 14.2 Å². The van der Waals surface area contributed by atoms with E-state index in [0.29, 0.717) is 6.61 Å². The minimum atomic E-state index is 0.706. The molecule has 5 heteroatoms. The topological polar surface area (TPSA) is 57.0 Å². The molecule has 2 N–H and O–H groups in total. The summed E-state index contributed by atoms with van der Waals surface area (Å²) in [6, 6.07) is 6.11. The number of benzene rings is 1. The van der Waals surface area contributed by atoms with Gasteiger partial charge in [0.05, 0.1) is 25.5 Å². The zero-order valence-corrected chi connectivity index (χ0v) is 14.8. The molecule has 0 heterocycles. The van der Waals surface area contributed by atoms with Crippen LogP contribution >= 0.6 is 0 Å². The van der Waals surface area contributed by atoms with Crippen molar-refractivity contribution in [2.24, 2.45) is 0 Å². The van der Waals surface area contributed by atoms with E-state index in [1.54, 1.807) is 14.2 Å². The molecule has 0 aliphatic heterocycles. The van der Waals surface area contributed by atoms with E-state index in [1.165, 1.54) is 5.56 Å². The molecule has 1 aromatic rings. The summed E-state index contributed by atoms with van der Waals surface area (Å²) >= 11 is 0. The van der Waals surface area contributed by atoms with E-state index < -0.39 is 0 Å². The normalized spacial score (nSPS) is 11.1. The largest absolute Gasteiger partial charge is 0.491 e. The lowest BCUT2D eigenvalue weighted by Gasteiger charge is -2.21. The SMILES string of the molecule is CCCOc1ccc(CCCN(CCOC)CCOC)cc1N. The summed E-state index contributed by atoms with van der Waals surface area (Å²) in [6.07, 6.45) is 3.08. The van der Waals surface area contributed by atoms with Crippen LogP contribution in [0, 0.1) is 0 Å². The standard InChI is InChI=1S/C18H32N2O3/c1-4-12-23-18-8-7-16(15-17(18)19)6-5-9-20(10-13-21-2)11-14-22-3/h7-8,15H,4-6,9-14,19H2,1-3H3. The first kappa shape index (κ1) is 19.7. The van der Waals surface area contributed by atoms with Gasteiger partial charge in [-0.05, 0) is 43.5 Å². The maximum atomic E-state index is 6.06. The highest BCUT2D eigenvalue weighted by molar-refractivity contribution is 5.54. The average Bonchev–Trinajstić information content (AvgIpc) is 2.56. The molecule has 1 aromatic carbocycles. The van der Waals surface area contributed by atoms with Crippen molar-refractivity contribution in [3.05, 3.63) is 23.8 Å². The van der Waals surface area contributed by atoms with Crippen molar-refractivity contribution in [1.82, 2.24) is 4.90 Å². The Morgan fingerprint density at radius 2 is 1.70 bits per heavy atom. The molecule has 0 bridgehead atoms. The number of anilines is 1. The van der Waals surface area contributed by atoms with Gasteiger partial charge in [-0.2, -0.15) is 0 Å². The van der Waals surface area contributed by atoms with E-state index in [4.69, 9.17) is 19.9 Å². The van der Waals surface area contributed by atoms with Crippen LogP contribution in [-0.2, 0) is 15.9 Å².